The molecule has 1 aromatic heterocycles. The highest BCUT2D eigenvalue weighted by Crippen LogP contribution is 2.53. The lowest BCUT2D eigenvalue weighted by atomic mass is 9.83. The number of hydrogen-bond acceptors (Lipinski definition) is 8. The highest BCUT2D eigenvalue weighted by Gasteiger charge is 2.56. The van der Waals surface area contributed by atoms with Gasteiger partial charge in [0.2, 0.25) is 11.8 Å². The molecule has 9 nitrogen and oxygen atoms in total. The molecule has 1 fully saturated rings. The van der Waals surface area contributed by atoms with E-state index in [1.54, 1.807) is 30.3 Å². The summed E-state index contributed by atoms with van der Waals surface area (Å²) in [4.78, 5) is 53.6. The third-order valence-corrected chi connectivity index (χ3v) is 8.72. The molecule has 5 rings (SSSR count). The Hall–Kier alpha value is -3.28. The van der Waals surface area contributed by atoms with E-state index in [0.29, 0.717) is 32.0 Å². The molecule has 12 heteroatoms. The molecule has 0 aliphatic carbocycles. The lowest BCUT2D eigenvalue weighted by Gasteiger charge is -2.30. The van der Waals surface area contributed by atoms with Crippen LogP contribution in [0.25, 0.3) is 0 Å². The van der Waals surface area contributed by atoms with Gasteiger partial charge in [-0.3, -0.25) is 24.1 Å². The maximum atomic E-state index is 13.3. The van der Waals surface area contributed by atoms with Crippen molar-refractivity contribution >= 4 is 52.5 Å². The van der Waals surface area contributed by atoms with Crippen molar-refractivity contribution in [1.29, 1.82) is 0 Å². The number of carbonyl (C=O) groups is 3. The van der Waals surface area contributed by atoms with Gasteiger partial charge in [-0.25, -0.2) is 0 Å². The molecule has 186 valence electrons. The Morgan fingerprint density at radius 1 is 1.11 bits per heavy atom. The molecule has 3 heterocycles. The number of likely N-dealkylation sites (tertiary alicyclic amines) is 1. The van der Waals surface area contributed by atoms with Crippen LogP contribution in [0.3, 0.4) is 0 Å². The van der Waals surface area contributed by atoms with Crippen LogP contribution in [-0.2, 0) is 21.0 Å². The van der Waals surface area contributed by atoms with Gasteiger partial charge in [-0.2, -0.15) is 0 Å². The van der Waals surface area contributed by atoms with Crippen LogP contribution >= 0.6 is 34.7 Å². The smallest absolute Gasteiger partial charge is 0.323 e. The molecule has 2 aliphatic heterocycles. The number of H-pyrrole nitrogens is 1. The van der Waals surface area contributed by atoms with Crippen molar-refractivity contribution < 1.29 is 29.0 Å². The largest absolute Gasteiger partial charge is 0.493 e. The van der Waals surface area contributed by atoms with Crippen molar-refractivity contribution in [2.24, 2.45) is 5.92 Å². The van der Waals surface area contributed by atoms with E-state index in [2.05, 4.69) is 4.98 Å². The van der Waals surface area contributed by atoms with Crippen LogP contribution in [0, 0.1) is 5.92 Å². The number of ether oxygens (including phenoxy) is 2. The van der Waals surface area contributed by atoms with Crippen molar-refractivity contribution in [3.8, 4) is 11.5 Å². The summed E-state index contributed by atoms with van der Waals surface area (Å²) in [5.41, 5.74) is 1.56. The number of nitrogens with one attached hydrogen (secondary N) is 1. The Morgan fingerprint density at radius 3 is 2.56 bits per heavy atom. The minimum Gasteiger partial charge on any atom is -0.493 e. The van der Waals surface area contributed by atoms with Gasteiger partial charge in [0.15, 0.2) is 11.5 Å². The maximum absolute atomic E-state index is 13.3. The first-order valence-electron chi connectivity index (χ1n) is 10.8. The van der Waals surface area contributed by atoms with Crippen LogP contribution in [0.2, 0.25) is 5.02 Å². The maximum Gasteiger partial charge on any atom is 0.323 e. The Kier molecular flexibility index (Phi) is 6.54. The fourth-order valence-corrected chi connectivity index (χ4v) is 7.13. The van der Waals surface area contributed by atoms with Crippen LogP contribution < -0.4 is 14.3 Å². The quantitative estimate of drug-likeness (QED) is 0.432. The van der Waals surface area contributed by atoms with E-state index in [-0.39, 0.29) is 11.5 Å². The van der Waals surface area contributed by atoms with Gasteiger partial charge in [-0.15, -0.1) is 0 Å². The monoisotopic (exact) mass is 546 g/mol. The number of fused-ring (bicyclic) bond motifs is 2. The fraction of sp³-hybridized carbons (Fsp3) is 0.250. The first kappa shape index (κ1) is 24.4. The summed E-state index contributed by atoms with van der Waals surface area (Å²) >= 11 is 8.00. The number of methoxy groups -OCH3 is 1. The molecule has 2 aromatic carbocycles. The minimum absolute atomic E-state index is 0.276. The van der Waals surface area contributed by atoms with Crippen molar-refractivity contribution in [2.45, 2.75) is 22.8 Å². The van der Waals surface area contributed by atoms with E-state index in [9.17, 15) is 24.3 Å². The number of imide groups is 1. The number of thiazole rings is 1. The number of aromatic amines is 1. The van der Waals surface area contributed by atoms with E-state index in [1.165, 1.54) is 7.11 Å². The number of thioether (sulfide) groups is 1. The Labute approximate surface area is 218 Å². The van der Waals surface area contributed by atoms with Crippen molar-refractivity contribution in [3.05, 3.63) is 73.2 Å². The Morgan fingerprint density at radius 2 is 1.86 bits per heavy atom. The van der Waals surface area contributed by atoms with E-state index >= 15 is 0 Å². The predicted molar refractivity (Wildman–Crippen MR) is 133 cm³/mol. The number of amides is 2. The standard InChI is InChI=1S/C24H19ClN2O7S2/c1-33-15-8-12(4-7-14(15)34-10-11-2-5-13(25)6-3-11)17-18-20(35-21-19(17)36-24(32)26-21)23(31)27(22(18)30)9-16(28)29/h2-8,17-18,20H,9-10H2,1H3,(H,26,32)(H,28,29)/t17-,18+,20-/m0/s1. The predicted octanol–water partition coefficient (Wildman–Crippen LogP) is 3.35. The summed E-state index contributed by atoms with van der Waals surface area (Å²) in [5, 5.41) is 9.50. The molecule has 0 saturated carbocycles. The minimum atomic E-state index is -1.27. The van der Waals surface area contributed by atoms with Crippen molar-refractivity contribution in [1.82, 2.24) is 9.88 Å². The highest BCUT2D eigenvalue weighted by molar-refractivity contribution is 8.00. The lowest BCUT2D eigenvalue weighted by Crippen LogP contribution is -2.36. The number of carboxylic acid groups (broad SMARTS) is 1. The molecule has 1 saturated heterocycles. The summed E-state index contributed by atoms with van der Waals surface area (Å²) in [7, 11) is 1.49. The number of carboxylic acids is 1. The molecule has 2 amide bonds. The molecular formula is C24H19ClN2O7S2. The zero-order chi connectivity index (χ0) is 25.6. The van der Waals surface area contributed by atoms with Gasteiger partial charge in [0.1, 0.15) is 18.4 Å². The SMILES string of the molecule is COc1cc([C@@H]2c3sc(=O)[nH]c3S[C@@H]3C(=O)N(CC(=O)O)C(=O)[C@H]23)ccc1OCc1ccc(Cl)cc1. The number of aliphatic carboxylic acids is 1. The van der Waals surface area contributed by atoms with Gasteiger partial charge in [0, 0.05) is 15.8 Å². The number of hydrogen-bond donors (Lipinski definition) is 2. The first-order valence-corrected chi connectivity index (χ1v) is 12.9. The number of benzene rings is 2. The number of aromatic nitrogens is 1. The second-order valence-electron chi connectivity index (χ2n) is 8.23. The molecule has 0 bridgehead atoms. The Bertz CT molecular complexity index is 1420. The third-order valence-electron chi connectivity index (χ3n) is 6.06. The fourth-order valence-electron chi connectivity index (χ4n) is 4.46. The molecule has 36 heavy (non-hydrogen) atoms. The average Bonchev–Trinajstić information content (AvgIpc) is 3.34. The number of nitrogens with zero attached hydrogens (tertiary/aromatic N) is 1. The van der Waals surface area contributed by atoms with Crippen molar-refractivity contribution in [3.63, 3.8) is 0 Å². The summed E-state index contributed by atoms with van der Waals surface area (Å²) in [6, 6.07) is 12.4. The number of carbonyl (C=O) groups excluding carboxylic acids is 2. The summed E-state index contributed by atoms with van der Waals surface area (Å²) in [6.45, 7) is -0.429. The molecule has 2 N–H and O–H groups in total. The van der Waals surface area contributed by atoms with Gasteiger partial charge in [-0.1, -0.05) is 52.9 Å². The molecule has 3 atom stereocenters. The molecule has 0 unspecified atom stereocenters. The first-order chi connectivity index (χ1) is 17.3. The van der Waals surface area contributed by atoms with E-state index in [1.807, 2.05) is 12.1 Å². The Balaban J connectivity index is 1.50. The average molecular weight is 547 g/mol. The molecular weight excluding hydrogens is 528 g/mol. The summed E-state index contributed by atoms with van der Waals surface area (Å²) in [5.74, 6) is -3.02. The zero-order valence-corrected chi connectivity index (χ0v) is 21.1. The van der Waals surface area contributed by atoms with Gasteiger partial charge < -0.3 is 19.6 Å². The van der Waals surface area contributed by atoms with Crippen molar-refractivity contribution in [2.75, 3.05) is 13.7 Å². The summed E-state index contributed by atoms with van der Waals surface area (Å²) < 4.78 is 11.5. The highest BCUT2D eigenvalue weighted by atomic mass is 35.5. The second kappa shape index (κ2) is 9.64. The van der Waals surface area contributed by atoms with Gasteiger partial charge in [0.05, 0.1) is 18.1 Å². The topological polar surface area (TPSA) is 126 Å². The van der Waals surface area contributed by atoms with Crippen LogP contribution in [-0.4, -0.2) is 51.7 Å². The van der Waals surface area contributed by atoms with E-state index in [4.69, 9.17) is 21.1 Å². The van der Waals surface area contributed by atoms with Gasteiger partial charge in [0.25, 0.3) is 0 Å². The normalized spacial score (nSPS) is 20.7. The van der Waals surface area contributed by atoms with Crippen LogP contribution in [0.4, 0.5) is 0 Å². The van der Waals surface area contributed by atoms with Crippen LogP contribution in [0.5, 0.6) is 11.5 Å². The zero-order valence-electron chi connectivity index (χ0n) is 18.7. The van der Waals surface area contributed by atoms with Gasteiger partial charge in [-0.05, 0) is 35.4 Å². The summed E-state index contributed by atoms with van der Waals surface area (Å²) in [6.07, 6.45) is 0. The van der Waals surface area contributed by atoms with Gasteiger partial charge >= 0.3 is 10.8 Å². The molecule has 2 aliphatic rings. The molecule has 3 aromatic rings. The number of halogens is 1. The molecule has 0 spiro atoms. The van der Waals surface area contributed by atoms with E-state index < -0.39 is 41.4 Å². The number of rotatable bonds is 7. The van der Waals surface area contributed by atoms with E-state index in [0.717, 1.165) is 33.6 Å². The lowest BCUT2D eigenvalue weighted by molar-refractivity contribution is -0.149. The third kappa shape index (κ3) is 4.38. The van der Waals surface area contributed by atoms with Crippen LogP contribution in [0.15, 0.2) is 52.3 Å². The van der Waals surface area contributed by atoms with Crippen LogP contribution in [0.1, 0.15) is 21.9 Å². The second-order valence-corrected chi connectivity index (χ2v) is 10.8. The molecule has 0 radical (unpaired) electrons.